The summed E-state index contributed by atoms with van der Waals surface area (Å²) < 4.78 is 1.77. The molecule has 224 valence electrons. The van der Waals surface area contributed by atoms with Crippen LogP contribution in [0.3, 0.4) is 0 Å². The molecule has 4 rings (SSSR count). The number of hydrogen-bond acceptors (Lipinski definition) is 15. The largest absolute Gasteiger partial charge is 0.543 e. The zero-order valence-corrected chi connectivity index (χ0v) is 24.8. The monoisotopic (exact) mass is 637 g/mol. The number of hydrogen-bond donors (Lipinski definition) is 5. The Kier molecular flexibility index (Phi) is 9.42. The number of nitrogens with zero attached hydrogens (tertiary/aromatic N) is 5. The summed E-state index contributed by atoms with van der Waals surface area (Å²) in [6.45, 7) is 3.77. The van der Waals surface area contributed by atoms with Crippen LogP contribution in [0.25, 0.3) is 0 Å². The number of aromatic nitrogens is 3. The van der Waals surface area contributed by atoms with E-state index >= 15 is 0 Å². The maximum atomic E-state index is 13.1. The Morgan fingerprint density at radius 1 is 1.36 bits per heavy atom. The summed E-state index contributed by atoms with van der Waals surface area (Å²) in [6.07, 6.45) is -0.595. The van der Waals surface area contributed by atoms with Crippen molar-refractivity contribution in [2.75, 3.05) is 28.7 Å². The minimum Gasteiger partial charge on any atom is -0.543 e. The van der Waals surface area contributed by atoms with Gasteiger partial charge in [0.05, 0.1) is 24.3 Å². The van der Waals surface area contributed by atoms with Gasteiger partial charge in [-0.3, -0.25) is 14.5 Å². The van der Waals surface area contributed by atoms with Crippen molar-refractivity contribution in [3.63, 3.8) is 0 Å². The van der Waals surface area contributed by atoms with Crippen molar-refractivity contribution in [2.24, 2.45) is 5.16 Å². The van der Waals surface area contributed by atoms with Crippen molar-refractivity contribution in [2.45, 2.75) is 49.5 Å². The molecule has 42 heavy (non-hydrogen) atoms. The second-order valence-electron chi connectivity index (χ2n) is 9.03. The highest BCUT2D eigenvalue weighted by molar-refractivity contribution is 8.01. The zero-order valence-electron chi connectivity index (χ0n) is 22.3. The summed E-state index contributed by atoms with van der Waals surface area (Å²) in [5.74, 6) is -3.37. The number of nitrogen functional groups attached to an aromatic ring is 3. The van der Waals surface area contributed by atoms with Crippen LogP contribution >= 0.6 is 34.9 Å². The molecule has 1 fully saturated rings. The van der Waals surface area contributed by atoms with Crippen molar-refractivity contribution in [1.82, 2.24) is 20.2 Å². The molecule has 0 saturated carbocycles. The van der Waals surface area contributed by atoms with Gasteiger partial charge in [0, 0.05) is 16.9 Å². The van der Waals surface area contributed by atoms with Crippen LogP contribution in [0.5, 0.6) is 0 Å². The lowest BCUT2D eigenvalue weighted by atomic mass is 10.0. The van der Waals surface area contributed by atoms with Crippen molar-refractivity contribution < 1.29 is 38.8 Å². The fourth-order valence-electron chi connectivity index (χ4n) is 4.02. The first-order chi connectivity index (χ1) is 19.9. The number of thiazole rings is 1. The molecule has 19 heteroatoms. The average Bonchev–Trinajstić information content (AvgIpc) is 3.36. The van der Waals surface area contributed by atoms with Gasteiger partial charge in [0.1, 0.15) is 17.1 Å². The van der Waals surface area contributed by atoms with Crippen LogP contribution in [-0.2, 0) is 30.6 Å². The Hall–Kier alpha value is -4.10. The standard InChI is InChI=1S/C23H27N9O7S3/c1-3-4-31-13(25)5-12(24)28-23(31)42-7-10-6-40-19-15(18(34)32(19)16(10)21(37)38)29-17(33)14(11-8-41-22(26)27-11)30-39-9(2)20(35)36/h5,8-9,15,19H,3-4,6-7H2,1-2H3,(H8,24,25,26,27,29,33,35,36,37,38)/b30-14-/t9-,15?,19+/m0/s1. The van der Waals surface area contributed by atoms with Gasteiger partial charge in [-0.25, -0.2) is 14.3 Å². The van der Waals surface area contributed by atoms with Crippen LogP contribution in [0.2, 0.25) is 0 Å². The average molecular weight is 638 g/mol. The van der Waals surface area contributed by atoms with E-state index in [1.807, 2.05) is 6.92 Å². The third-order valence-corrected chi connectivity index (χ3v) is 9.12. The van der Waals surface area contributed by atoms with Crippen molar-refractivity contribution in [3.05, 3.63) is 28.4 Å². The minimum atomic E-state index is -1.54. The zero-order chi connectivity index (χ0) is 30.7. The van der Waals surface area contributed by atoms with E-state index in [-0.39, 0.29) is 33.8 Å². The van der Waals surface area contributed by atoms with Gasteiger partial charge >= 0.3 is 11.1 Å². The number of fused-ring (bicyclic) bond motifs is 1. The van der Waals surface area contributed by atoms with Crippen LogP contribution in [0, 0.1) is 0 Å². The number of thioether (sulfide) groups is 2. The van der Waals surface area contributed by atoms with E-state index in [9.17, 15) is 24.3 Å². The second kappa shape index (κ2) is 12.8. The van der Waals surface area contributed by atoms with Gasteiger partial charge in [-0.15, -0.1) is 23.1 Å². The fraction of sp³-hybridized carbons (Fsp3) is 0.391. The Bertz CT molecular complexity index is 1500. The number of carbonyl (C=O) groups excluding carboxylic acids is 3. The van der Waals surface area contributed by atoms with E-state index in [0.29, 0.717) is 23.1 Å². The SMILES string of the molecule is CCC[n+]1c(N)cc(N)nc1SCC1=C(C(=O)[O-])N2C(=O)C(NC(=O)/C(=N\O[C@@H](C)C(=O)O)c3csc(N)n3)[C@H]2SC1. The van der Waals surface area contributed by atoms with E-state index < -0.39 is 47.0 Å². The lowest BCUT2D eigenvalue weighted by Gasteiger charge is -2.50. The Morgan fingerprint density at radius 3 is 2.71 bits per heavy atom. The molecule has 0 aliphatic carbocycles. The van der Waals surface area contributed by atoms with Crippen LogP contribution in [0.15, 0.2) is 33.0 Å². The predicted molar refractivity (Wildman–Crippen MR) is 153 cm³/mol. The summed E-state index contributed by atoms with van der Waals surface area (Å²) in [4.78, 5) is 63.9. The van der Waals surface area contributed by atoms with Gasteiger partial charge in [0.2, 0.25) is 17.7 Å². The normalized spacial score (nSPS) is 19.1. The minimum absolute atomic E-state index is 0.0123. The molecule has 2 aliphatic rings. The fourth-order valence-corrected chi connectivity index (χ4v) is 7.11. The van der Waals surface area contributed by atoms with E-state index in [1.54, 1.807) is 4.57 Å². The van der Waals surface area contributed by atoms with E-state index in [1.165, 1.54) is 41.9 Å². The number of aliphatic carboxylic acids is 2. The van der Waals surface area contributed by atoms with Gasteiger partial charge in [0.25, 0.3) is 11.8 Å². The van der Waals surface area contributed by atoms with E-state index in [0.717, 1.165) is 22.7 Å². The molecule has 1 unspecified atom stereocenters. The molecule has 2 aromatic rings. The number of nitrogens with two attached hydrogens (primary N) is 3. The number of carboxylic acid groups (broad SMARTS) is 2. The Labute approximate surface area is 251 Å². The first-order valence-corrected chi connectivity index (χ1v) is 15.3. The molecule has 0 bridgehead atoms. The molecule has 2 aliphatic heterocycles. The number of β-lactam (4-membered cyclic amide) rings is 1. The molecule has 0 aromatic carbocycles. The van der Waals surface area contributed by atoms with Crippen molar-refractivity contribution >= 4 is 81.1 Å². The third-order valence-electron chi connectivity index (χ3n) is 6.04. The molecule has 0 spiro atoms. The quantitative estimate of drug-likeness (QED) is 0.0437. The number of carbonyl (C=O) groups is 4. The maximum absolute atomic E-state index is 13.1. The lowest BCUT2D eigenvalue weighted by molar-refractivity contribution is -0.723. The second-order valence-corrected chi connectivity index (χ2v) is 12.0. The Morgan fingerprint density at radius 2 is 2.10 bits per heavy atom. The first kappa shape index (κ1) is 30.8. The van der Waals surface area contributed by atoms with E-state index in [2.05, 4.69) is 20.4 Å². The topological polar surface area (TPSA) is 256 Å². The molecule has 4 heterocycles. The maximum Gasteiger partial charge on any atom is 0.347 e. The van der Waals surface area contributed by atoms with Crippen LogP contribution < -0.4 is 32.2 Å². The molecular weight excluding hydrogens is 611 g/mol. The molecule has 16 nitrogen and oxygen atoms in total. The highest BCUT2D eigenvalue weighted by atomic mass is 32.2. The highest BCUT2D eigenvalue weighted by Gasteiger charge is 2.53. The van der Waals surface area contributed by atoms with Gasteiger partial charge in [0.15, 0.2) is 10.8 Å². The molecular formula is C23H27N9O7S3. The summed E-state index contributed by atoms with van der Waals surface area (Å²) in [7, 11) is 0. The number of rotatable bonds is 12. The van der Waals surface area contributed by atoms with Crippen molar-refractivity contribution in [3.8, 4) is 0 Å². The number of carboxylic acids is 2. The van der Waals surface area contributed by atoms with Crippen LogP contribution in [0.1, 0.15) is 26.0 Å². The predicted octanol–water partition coefficient (Wildman–Crippen LogP) is -1.63. The number of nitrogens with one attached hydrogen (secondary N) is 1. The van der Waals surface area contributed by atoms with Crippen LogP contribution in [-0.4, -0.2) is 78.5 Å². The smallest absolute Gasteiger partial charge is 0.347 e. The molecule has 3 atom stereocenters. The Balaban J connectivity index is 1.52. The molecule has 2 amide bonds. The van der Waals surface area contributed by atoms with E-state index in [4.69, 9.17) is 27.1 Å². The molecule has 2 aromatic heterocycles. The lowest BCUT2D eigenvalue weighted by Crippen LogP contribution is -2.71. The van der Waals surface area contributed by atoms with Crippen molar-refractivity contribution in [1.29, 1.82) is 0 Å². The summed E-state index contributed by atoms with van der Waals surface area (Å²) >= 11 is 3.50. The third kappa shape index (κ3) is 6.36. The van der Waals surface area contributed by atoms with Gasteiger partial charge < -0.3 is 42.4 Å². The van der Waals surface area contributed by atoms with Gasteiger partial charge in [-0.1, -0.05) is 17.1 Å². The van der Waals surface area contributed by atoms with Crippen LogP contribution in [0.4, 0.5) is 16.8 Å². The van der Waals surface area contributed by atoms with Gasteiger partial charge in [-0.05, 0) is 30.7 Å². The number of oxime groups is 1. The highest BCUT2D eigenvalue weighted by Crippen LogP contribution is 2.41. The number of amides is 2. The molecule has 0 radical (unpaired) electrons. The van der Waals surface area contributed by atoms with Gasteiger partial charge in [-0.2, -0.15) is 0 Å². The molecule has 1 saturated heterocycles. The summed E-state index contributed by atoms with van der Waals surface area (Å²) in [6, 6.07) is 0.435. The summed E-state index contributed by atoms with van der Waals surface area (Å²) in [5, 5.41) is 28.7. The molecule has 8 N–H and O–H groups in total. The first-order valence-electron chi connectivity index (χ1n) is 12.4. The number of anilines is 3. The summed E-state index contributed by atoms with van der Waals surface area (Å²) in [5.41, 5.74) is 17.4.